The van der Waals surface area contributed by atoms with Crippen molar-refractivity contribution in [3.8, 4) is 0 Å². The first-order valence-electron chi connectivity index (χ1n) is 12.3. The van der Waals surface area contributed by atoms with E-state index in [9.17, 15) is 14.0 Å². The average Bonchev–Trinajstić information content (AvgIpc) is 3.41. The Morgan fingerprint density at radius 3 is 2.66 bits per heavy atom. The summed E-state index contributed by atoms with van der Waals surface area (Å²) in [6.45, 7) is 0.944. The number of piperidine rings is 1. The number of aliphatic hydroxyl groups excluding tert-OH is 1. The van der Waals surface area contributed by atoms with Crippen LogP contribution in [0.4, 0.5) is 13.6 Å². The van der Waals surface area contributed by atoms with Crippen molar-refractivity contribution in [2.45, 2.75) is 31.7 Å². The predicted molar refractivity (Wildman–Crippen MR) is 144 cm³/mol. The van der Waals surface area contributed by atoms with Crippen LogP contribution in [-0.2, 0) is 18.0 Å². The van der Waals surface area contributed by atoms with Gasteiger partial charge in [-0.2, -0.15) is 5.10 Å². The quantitative estimate of drug-likeness (QED) is 0.389. The number of likely N-dealkylation sites (tertiary alicyclic amines) is 1. The number of aromatic nitrogens is 2. The molecule has 0 saturated carbocycles. The van der Waals surface area contributed by atoms with Gasteiger partial charge in [0.25, 0.3) is 11.1 Å². The zero-order chi connectivity index (χ0) is 26.9. The molecule has 3 aromatic rings. The Kier molecular flexibility index (Phi) is 7.85. The maximum absolute atomic E-state index is 15.4. The molecule has 7 nitrogen and oxygen atoms in total. The molecule has 2 saturated heterocycles. The summed E-state index contributed by atoms with van der Waals surface area (Å²) in [5.41, 5.74) is 1.21. The molecule has 0 atom stereocenters. The minimum Gasteiger partial charge on any atom is -0.395 e. The van der Waals surface area contributed by atoms with Crippen LogP contribution in [0.25, 0.3) is 17.0 Å². The molecule has 2 amide bonds. The fourth-order valence-corrected chi connectivity index (χ4v) is 5.94. The number of imide groups is 1. The fraction of sp³-hybridized carbons (Fsp3) is 0.370. The maximum atomic E-state index is 15.4. The molecule has 0 bridgehead atoms. The van der Waals surface area contributed by atoms with Crippen molar-refractivity contribution >= 4 is 51.5 Å². The van der Waals surface area contributed by atoms with Crippen LogP contribution in [0.5, 0.6) is 0 Å². The Morgan fingerprint density at radius 2 is 1.92 bits per heavy atom. The third-order valence-electron chi connectivity index (χ3n) is 7.08. The monoisotopic (exact) mass is 560 g/mol. The minimum atomic E-state index is -1.63. The number of carbonyl (C=O) groups excluding carboxylic acids is 2. The van der Waals surface area contributed by atoms with E-state index in [2.05, 4.69) is 5.10 Å². The van der Waals surface area contributed by atoms with Crippen LogP contribution in [0.3, 0.4) is 0 Å². The molecule has 11 heteroatoms. The predicted octanol–water partition coefficient (Wildman–Crippen LogP) is 5.04. The van der Waals surface area contributed by atoms with Gasteiger partial charge in [0.1, 0.15) is 12.3 Å². The Morgan fingerprint density at radius 1 is 1.13 bits per heavy atom. The number of fused-ring (bicyclic) bond motifs is 1. The first-order chi connectivity index (χ1) is 18.3. The second-order valence-corrected chi connectivity index (χ2v) is 11.1. The van der Waals surface area contributed by atoms with E-state index in [4.69, 9.17) is 16.7 Å². The second-order valence-electron chi connectivity index (χ2n) is 9.65. The van der Waals surface area contributed by atoms with E-state index in [-0.39, 0.29) is 30.9 Å². The summed E-state index contributed by atoms with van der Waals surface area (Å²) in [5, 5.41) is 14.3. The zero-order valence-electron chi connectivity index (χ0n) is 20.6. The molecule has 0 unspecified atom stereocenters. The van der Waals surface area contributed by atoms with Crippen LogP contribution < -0.4 is 0 Å². The molecule has 2 aliphatic rings. The lowest BCUT2D eigenvalue weighted by Gasteiger charge is -2.37. The standard InChI is InChI=1S/C27H27ClF2N4O3S/c28-22-3-2-19(20(13-22)14-29)16-34-23-4-1-18(11-21(23)15-31-34)12-24-25(36)33(26(37)38-24)17-27(30)5-7-32(8-6-27)9-10-35/h1-4,11-13,15,35H,5-10,14,16-17H2/b24-12-. The van der Waals surface area contributed by atoms with Gasteiger partial charge in [0.15, 0.2) is 0 Å². The summed E-state index contributed by atoms with van der Waals surface area (Å²) in [6.07, 6.45) is 3.74. The lowest BCUT2D eigenvalue weighted by molar-refractivity contribution is -0.124. The average molecular weight is 561 g/mol. The number of β-amino-alcohol motifs (C(OH)–C–C–N with tert-alkyl or cyclic N) is 1. The molecule has 200 valence electrons. The summed E-state index contributed by atoms with van der Waals surface area (Å²) in [6, 6.07) is 10.7. The van der Waals surface area contributed by atoms with Crippen molar-refractivity contribution in [2.75, 3.05) is 32.8 Å². The molecule has 2 aliphatic heterocycles. The van der Waals surface area contributed by atoms with Gasteiger partial charge >= 0.3 is 0 Å². The highest BCUT2D eigenvalue weighted by atomic mass is 35.5. The van der Waals surface area contributed by atoms with Crippen LogP contribution in [0.1, 0.15) is 29.5 Å². The van der Waals surface area contributed by atoms with E-state index in [0.717, 1.165) is 33.1 Å². The molecular formula is C27H27ClF2N4O3S. The second kappa shape index (κ2) is 11.1. The van der Waals surface area contributed by atoms with Gasteiger partial charge < -0.3 is 10.0 Å². The van der Waals surface area contributed by atoms with Gasteiger partial charge in [-0.15, -0.1) is 0 Å². The van der Waals surface area contributed by atoms with Crippen molar-refractivity contribution in [3.63, 3.8) is 0 Å². The van der Waals surface area contributed by atoms with E-state index in [0.29, 0.717) is 42.3 Å². The van der Waals surface area contributed by atoms with Crippen LogP contribution in [0.2, 0.25) is 5.02 Å². The molecule has 0 spiro atoms. The van der Waals surface area contributed by atoms with E-state index in [1.165, 1.54) is 0 Å². The Hall–Kier alpha value is -2.79. The first-order valence-corrected chi connectivity index (χ1v) is 13.5. The van der Waals surface area contributed by atoms with Crippen molar-refractivity contribution in [1.82, 2.24) is 19.6 Å². The Labute approximate surface area is 228 Å². The number of thioether (sulfide) groups is 1. The van der Waals surface area contributed by atoms with Crippen molar-refractivity contribution < 1.29 is 23.5 Å². The van der Waals surface area contributed by atoms with E-state index in [1.54, 1.807) is 35.2 Å². The maximum Gasteiger partial charge on any atom is 0.293 e. The SMILES string of the molecule is O=C1S/C(=C\c2ccc3c(cnn3Cc3ccc(Cl)cc3CF)c2)C(=O)N1CC1(F)CCN(CCO)CC1. The zero-order valence-corrected chi connectivity index (χ0v) is 22.1. The molecule has 2 aromatic carbocycles. The topological polar surface area (TPSA) is 78.7 Å². The molecule has 1 aromatic heterocycles. The van der Waals surface area contributed by atoms with Crippen molar-refractivity contribution in [1.29, 1.82) is 0 Å². The highest BCUT2D eigenvalue weighted by molar-refractivity contribution is 8.18. The van der Waals surface area contributed by atoms with E-state index in [1.807, 2.05) is 23.1 Å². The summed E-state index contributed by atoms with van der Waals surface area (Å²) < 4.78 is 30.7. The minimum absolute atomic E-state index is 0.0161. The number of rotatable bonds is 8. The number of carbonyl (C=O) groups is 2. The molecule has 3 heterocycles. The van der Waals surface area contributed by atoms with Gasteiger partial charge in [0, 0.05) is 30.0 Å². The largest absolute Gasteiger partial charge is 0.395 e. The van der Waals surface area contributed by atoms with Gasteiger partial charge in [-0.25, -0.2) is 8.78 Å². The molecule has 2 fully saturated rings. The van der Waals surface area contributed by atoms with Gasteiger partial charge in [-0.3, -0.25) is 19.2 Å². The number of amides is 2. The van der Waals surface area contributed by atoms with Crippen LogP contribution in [0, 0.1) is 0 Å². The summed E-state index contributed by atoms with van der Waals surface area (Å²) in [4.78, 5) is 28.8. The highest BCUT2D eigenvalue weighted by Crippen LogP contribution is 2.36. The smallest absolute Gasteiger partial charge is 0.293 e. The third-order valence-corrected chi connectivity index (χ3v) is 8.22. The number of nitrogens with zero attached hydrogens (tertiary/aromatic N) is 4. The van der Waals surface area contributed by atoms with Gasteiger partial charge in [-0.1, -0.05) is 23.7 Å². The normalized spacial score (nSPS) is 19.3. The number of aliphatic hydroxyl groups is 1. The van der Waals surface area contributed by atoms with Crippen molar-refractivity contribution in [3.05, 3.63) is 69.2 Å². The number of alkyl halides is 2. The Bertz CT molecular complexity index is 1400. The Balaban J connectivity index is 1.30. The third kappa shape index (κ3) is 5.63. The summed E-state index contributed by atoms with van der Waals surface area (Å²) in [5.74, 6) is -0.493. The highest BCUT2D eigenvalue weighted by Gasteiger charge is 2.43. The van der Waals surface area contributed by atoms with E-state index >= 15 is 4.39 Å². The number of benzene rings is 2. The number of hydrogen-bond donors (Lipinski definition) is 1. The van der Waals surface area contributed by atoms with Gasteiger partial charge in [0.2, 0.25) is 0 Å². The molecule has 0 aliphatic carbocycles. The van der Waals surface area contributed by atoms with Crippen LogP contribution in [-0.4, -0.2) is 74.3 Å². The van der Waals surface area contributed by atoms with Crippen molar-refractivity contribution in [2.24, 2.45) is 0 Å². The van der Waals surface area contributed by atoms with Crippen LogP contribution in [0.15, 0.2) is 47.5 Å². The lowest BCUT2D eigenvalue weighted by Crippen LogP contribution is -2.49. The number of halogens is 3. The van der Waals surface area contributed by atoms with Gasteiger partial charge in [-0.05, 0) is 71.6 Å². The number of hydrogen-bond acceptors (Lipinski definition) is 6. The lowest BCUT2D eigenvalue weighted by atomic mass is 9.92. The van der Waals surface area contributed by atoms with Gasteiger partial charge in [0.05, 0.1) is 36.3 Å². The molecule has 38 heavy (non-hydrogen) atoms. The molecule has 1 N–H and O–H groups in total. The van der Waals surface area contributed by atoms with E-state index < -0.39 is 23.5 Å². The first kappa shape index (κ1) is 26.8. The summed E-state index contributed by atoms with van der Waals surface area (Å²) >= 11 is 6.80. The van der Waals surface area contributed by atoms with Crippen LogP contribution >= 0.6 is 23.4 Å². The fourth-order valence-electron chi connectivity index (χ4n) is 4.90. The molecule has 5 rings (SSSR count). The molecular weight excluding hydrogens is 534 g/mol. The summed E-state index contributed by atoms with van der Waals surface area (Å²) in [7, 11) is 0. The molecule has 0 radical (unpaired) electrons.